The summed E-state index contributed by atoms with van der Waals surface area (Å²) in [7, 11) is 0. The molecule has 2 aliphatic heterocycles. The zero-order valence-electron chi connectivity index (χ0n) is 13.7. The molecule has 4 rings (SSSR count). The molecule has 1 aliphatic carbocycles. The molecule has 2 fully saturated rings. The van der Waals surface area contributed by atoms with Crippen molar-refractivity contribution in [3.63, 3.8) is 0 Å². The first-order valence-corrected chi connectivity index (χ1v) is 8.76. The van der Waals surface area contributed by atoms with Crippen LogP contribution in [-0.2, 0) is 0 Å². The van der Waals surface area contributed by atoms with Gasteiger partial charge in [-0.15, -0.1) is 0 Å². The minimum atomic E-state index is -0.388. The Kier molecular flexibility index (Phi) is 3.30. The van der Waals surface area contributed by atoms with Gasteiger partial charge in [-0.2, -0.15) is 0 Å². The number of benzene rings is 1. The maximum absolute atomic E-state index is 12.7. The lowest BCUT2D eigenvalue weighted by Gasteiger charge is -2.51. The van der Waals surface area contributed by atoms with Gasteiger partial charge in [0.15, 0.2) is 5.78 Å². The number of carbonyl (C=O) groups is 1. The van der Waals surface area contributed by atoms with Crippen LogP contribution < -0.4 is 4.90 Å². The highest BCUT2D eigenvalue weighted by molar-refractivity contribution is 6.13. The van der Waals surface area contributed by atoms with E-state index in [1.54, 1.807) is 0 Å². The summed E-state index contributed by atoms with van der Waals surface area (Å²) in [5.74, 6) is 0.282. The molecule has 0 N–H and O–H groups in total. The van der Waals surface area contributed by atoms with Crippen LogP contribution in [0.25, 0.3) is 0 Å². The van der Waals surface area contributed by atoms with Gasteiger partial charge in [0.05, 0.1) is 5.54 Å². The van der Waals surface area contributed by atoms with Gasteiger partial charge in [0.2, 0.25) is 0 Å². The van der Waals surface area contributed by atoms with Gasteiger partial charge in [0.1, 0.15) is 0 Å². The normalized spacial score (nSPS) is 31.0. The molecular weight excluding hydrogens is 272 g/mol. The van der Waals surface area contributed by atoms with Crippen molar-refractivity contribution in [1.29, 1.82) is 0 Å². The quantitative estimate of drug-likeness (QED) is 0.835. The van der Waals surface area contributed by atoms with Gasteiger partial charge >= 0.3 is 0 Å². The minimum Gasteiger partial charge on any atom is -0.355 e. The fraction of sp³-hybridized carbons (Fsp3) is 0.632. The molecule has 0 radical (unpaired) electrons. The number of carbonyl (C=O) groups excluding carboxylic acids is 1. The van der Waals surface area contributed by atoms with E-state index in [0.29, 0.717) is 6.04 Å². The van der Waals surface area contributed by atoms with Gasteiger partial charge < -0.3 is 9.80 Å². The Morgan fingerprint density at radius 1 is 1.00 bits per heavy atom. The van der Waals surface area contributed by atoms with Crippen molar-refractivity contribution < 1.29 is 4.79 Å². The van der Waals surface area contributed by atoms with Gasteiger partial charge in [-0.1, -0.05) is 18.6 Å². The Balaban J connectivity index is 1.52. The summed E-state index contributed by atoms with van der Waals surface area (Å²) in [5, 5.41) is 0. The number of fused-ring (bicyclic) bond motifs is 1. The molecule has 118 valence electrons. The van der Waals surface area contributed by atoms with Crippen LogP contribution in [0.5, 0.6) is 0 Å². The Morgan fingerprint density at radius 2 is 1.68 bits per heavy atom. The van der Waals surface area contributed by atoms with Crippen molar-refractivity contribution in [2.24, 2.45) is 0 Å². The summed E-state index contributed by atoms with van der Waals surface area (Å²) >= 11 is 0. The van der Waals surface area contributed by atoms with Crippen molar-refractivity contribution >= 4 is 11.5 Å². The lowest BCUT2D eigenvalue weighted by atomic mass is 9.81. The van der Waals surface area contributed by atoms with Crippen molar-refractivity contribution in [1.82, 2.24) is 4.90 Å². The van der Waals surface area contributed by atoms with E-state index in [1.807, 2.05) is 12.1 Å². The van der Waals surface area contributed by atoms with Crippen LogP contribution in [0.2, 0.25) is 0 Å². The molecule has 0 unspecified atom stereocenters. The molecule has 3 nitrogen and oxygen atoms in total. The summed E-state index contributed by atoms with van der Waals surface area (Å²) in [5.41, 5.74) is 1.68. The van der Waals surface area contributed by atoms with Gasteiger partial charge in [0, 0.05) is 23.3 Å². The average molecular weight is 298 g/mol. The molecule has 1 aromatic carbocycles. The van der Waals surface area contributed by atoms with Crippen molar-refractivity contribution in [2.75, 3.05) is 18.0 Å². The van der Waals surface area contributed by atoms with E-state index >= 15 is 0 Å². The predicted molar refractivity (Wildman–Crippen MR) is 89.6 cm³/mol. The zero-order chi connectivity index (χ0) is 15.3. The number of hydrogen-bond donors (Lipinski definition) is 0. The number of piperidine rings is 1. The fourth-order valence-electron chi connectivity index (χ4n) is 4.62. The van der Waals surface area contributed by atoms with Crippen molar-refractivity contribution in [3.8, 4) is 0 Å². The van der Waals surface area contributed by atoms with E-state index in [2.05, 4.69) is 35.8 Å². The number of nitrogens with zero attached hydrogens (tertiary/aromatic N) is 2. The fourth-order valence-corrected chi connectivity index (χ4v) is 4.62. The monoisotopic (exact) mass is 298 g/mol. The van der Waals surface area contributed by atoms with Gasteiger partial charge in [-0.05, 0) is 64.8 Å². The first kappa shape index (κ1) is 14.3. The molecule has 0 atom stereocenters. The molecule has 3 heteroatoms. The Hall–Kier alpha value is -1.35. The summed E-state index contributed by atoms with van der Waals surface area (Å²) in [4.78, 5) is 17.8. The average Bonchev–Trinajstić information content (AvgIpc) is 2.68. The third-order valence-electron chi connectivity index (χ3n) is 5.93. The largest absolute Gasteiger partial charge is 0.355 e. The van der Waals surface area contributed by atoms with Crippen molar-refractivity contribution in [3.05, 3.63) is 29.8 Å². The van der Waals surface area contributed by atoms with E-state index in [4.69, 9.17) is 0 Å². The molecule has 1 saturated heterocycles. The molecular formula is C19H26N2O. The second-order valence-electron chi connectivity index (χ2n) is 7.65. The molecule has 2 heterocycles. The van der Waals surface area contributed by atoms with Crippen LogP contribution in [0.15, 0.2) is 24.3 Å². The molecule has 0 aromatic heterocycles. The summed E-state index contributed by atoms with van der Waals surface area (Å²) in [6.45, 7) is 6.72. The summed E-state index contributed by atoms with van der Waals surface area (Å²) in [6, 6.07) is 9.41. The highest BCUT2D eigenvalue weighted by Crippen LogP contribution is 2.45. The SMILES string of the molecule is CC1(C)C(=O)c2ccccc2N1C1CC(N2CCCCC2)C1. The topological polar surface area (TPSA) is 23.6 Å². The van der Waals surface area contributed by atoms with E-state index in [9.17, 15) is 4.79 Å². The predicted octanol–water partition coefficient (Wildman–Crippen LogP) is 3.48. The lowest BCUT2D eigenvalue weighted by molar-refractivity contribution is 0.0758. The number of para-hydroxylation sites is 1. The highest BCUT2D eigenvalue weighted by atomic mass is 16.1. The van der Waals surface area contributed by atoms with Gasteiger partial charge in [-0.25, -0.2) is 0 Å². The minimum absolute atomic E-state index is 0.282. The zero-order valence-corrected chi connectivity index (χ0v) is 13.7. The number of ketones is 1. The van der Waals surface area contributed by atoms with Crippen LogP contribution in [0.1, 0.15) is 56.3 Å². The van der Waals surface area contributed by atoms with Crippen LogP contribution in [-0.4, -0.2) is 41.4 Å². The number of rotatable bonds is 2. The lowest BCUT2D eigenvalue weighted by Crippen LogP contribution is -2.60. The molecule has 0 bridgehead atoms. The third kappa shape index (κ3) is 2.02. The molecule has 0 spiro atoms. The highest BCUT2D eigenvalue weighted by Gasteiger charge is 2.50. The van der Waals surface area contributed by atoms with Gasteiger partial charge in [0.25, 0.3) is 0 Å². The maximum atomic E-state index is 12.7. The first-order valence-electron chi connectivity index (χ1n) is 8.76. The third-order valence-corrected chi connectivity index (χ3v) is 5.93. The summed E-state index contributed by atoms with van der Waals surface area (Å²) in [6.07, 6.45) is 6.54. The van der Waals surface area contributed by atoms with E-state index in [-0.39, 0.29) is 11.3 Å². The number of likely N-dealkylation sites (tertiary alicyclic amines) is 1. The Morgan fingerprint density at radius 3 is 2.41 bits per heavy atom. The molecule has 22 heavy (non-hydrogen) atoms. The number of Topliss-reactive ketones (excluding diaryl/α,β-unsaturated/α-hetero) is 1. The van der Waals surface area contributed by atoms with E-state index in [1.165, 1.54) is 45.2 Å². The van der Waals surface area contributed by atoms with Crippen LogP contribution >= 0.6 is 0 Å². The second-order valence-corrected chi connectivity index (χ2v) is 7.65. The molecule has 1 aromatic rings. The van der Waals surface area contributed by atoms with Gasteiger partial charge in [-0.3, -0.25) is 4.79 Å². The molecule has 1 saturated carbocycles. The number of hydrogen-bond acceptors (Lipinski definition) is 3. The standard InChI is InChI=1S/C19H26N2O/c1-19(2)18(22)16-8-4-5-9-17(16)21(19)15-12-14(13-15)20-10-6-3-7-11-20/h4-5,8-9,14-15H,3,6-7,10-13H2,1-2H3. The summed E-state index contributed by atoms with van der Waals surface area (Å²) < 4.78 is 0. The van der Waals surface area contributed by atoms with Crippen molar-refractivity contribution in [2.45, 2.75) is 63.6 Å². The first-order chi connectivity index (χ1) is 10.6. The van der Waals surface area contributed by atoms with Crippen LogP contribution in [0.3, 0.4) is 0 Å². The Labute approximate surface area is 133 Å². The van der Waals surface area contributed by atoms with E-state index in [0.717, 1.165) is 17.3 Å². The Bertz CT molecular complexity index is 583. The maximum Gasteiger partial charge on any atom is 0.189 e. The number of anilines is 1. The molecule has 3 aliphatic rings. The van der Waals surface area contributed by atoms with E-state index < -0.39 is 0 Å². The smallest absolute Gasteiger partial charge is 0.189 e. The second kappa shape index (κ2) is 5.09. The molecule has 0 amide bonds. The van der Waals surface area contributed by atoms with Crippen LogP contribution in [0.4, 0.5) is 5.69 Å². The van der Waals surface area contributed by atoms with Crippen LogP contribution in [0, 0.1) is 0 Å².